The maximum atomic E-state index is 13.0. The Balaban J connectivity index is 4.04. The van der Waals surface area contributed by atoms with Crippen LogP contribution in [-0.2, 0) is 19.1 Å². The van der Waals surface area contributed by atoms with E-state index < -0.39 is 17.4 Å². The maximum Gasteiger partial charge on any atom is 0.323 e. The first-order valence-electron chi connectivity index (χ1n) is 14.9. The quantitative estimate of drug-likeness (QED) is 0.0781. The fourth-order valence-electron chi connectivity index (χ4n) is 4.68. The third kappa shape index (κ3) is 14.4. The Morgan fingerprint density at radius 3 is 1.35 bits per heavy atom. The average molecular weight is 483 g/mol. The van der Waals surface area contributed by atoms with Gasteiger partial charge in [0.15, 0.2) is 5.41 Å². The van der Waals surface area contributed by atoms with Gasteiger partial charge in [-0.15, -0.1) is 0 Å². The van der Waals surface area contributed by atoms with Gasteiger partial charge >= 0.3 is 11.9 Å². The third-order valence-corrected chi connectivity index (χ3v) is 7.21. The summed E-state index contributed by atoms with van der Waals surface area (Å²) in [7, 11) is 0. The smallest absolute Gasteiger partial charge is 0.323 e. The van der Waals surface area contributed by atoms with Crippen molar-refractivity contribution in [3.05, 3.63) is 0 Å². The fourth-order valence-corrected chi connectivity index (χ4v) is 4.68. The Kier molecular flexibility index (Phi) is 21.7. The third-order valence-electron chi connectivity index (χ3n) is 7.21. The van der Waals surface area contributed by atoms with Gasteiger partial charge in [0.2, 0.25) is 0 Å². The lowest BCUT2D eigenvalue weighted by atomic mass is 9.82. The predicted molar refractivity (Wildman–Crippen MR) is 144 cm³/mol. The van der Waals surface area contributed by atoms with E-state index in [0.717, 1.165) is 38.5 Å². The summed E-state index contributed by atoms with van der Waals surface area (Å²) >= 11 is 0. The van der Waals surface area contributed by atoms with Crippen molar-refractivity contribution in [3.63, 3.8) is 0 Å². The zero-order valence-electron chi connectivity index (χ0n) is 23.6. The maximum absolute atomic E-state index is 13.0. The van der Waals surface area contributed by atoms with E-state index in [4.69, 9.17) is 9.47 Å². The van der Waals surface area contributed by atoms with E-state index in [1.54, 1.807) is 0 Å². The van der Waals surface area contributed by atoms with Gasteiger partial charge in [-0.05, 0) is 32.1 Å². The number of hydrogen-bond donors (Lipinski definition) is 0. The SMILES string of the molecule is CCCCCCCCCCCCCCCCOC(=O)C(CC)(CC)C(=O)OC(CCC)CCC. The van der Waals surface area contributed by atoms with E-state index in [9.17, 15) is 9.59 Å². The second-order valence-electron chi connectivity index (χ2n) is 10.1. The van der Waals surface area contributed by atoms with Crippen molar-refractivity contribution in [2.24, 2.45) is 5.41 Å². The molecule has 4 nitrogen and oxygen atoms in total. The summed E-state index contributed by atoms with van der Waals surface area (Å²) in [6, 6.07) is 0. The number of hydrogen-bond acceptors (Lipinski definition) is 4. The lowest BCUT2D eigenvalue weighted by Gasteiger charge is -2.29. The molecule has 0 aliphatic rings. The van der Waals surface area contributed by atoms with Crippen LogP contribution in [-0.4, -0.2) is 24.6 Å². The van der Waals surface area contributed by atoms with Gasteiger partial charge in [-0.3, -0.25) is 9.59 Å². The standard InChI is InChI=1S/C30H58O4/c1-6-11-12-13-14-15-16-17-18-19-20-21-22-23-26-33-28(31)30(9-4,10-5)29(32)34-27(24-7-2)25-8-3/h27H,6-26H2,1-5H3. The second kappa shape index (κ2) is 22.4. The van der Waals surface area contributed by atoms with Crippen molar-refractivity contribution >= 4 is 11.9 Å². The first-order chi connectivity index (χ1) is 16.5. The van der Waals surface area contributed by atoms with Crippen molar-refractivity contribution in [1.29, 1.82) is 0 Å². The molecule has 0 fully saturated rings. The minimum atomic E-state index is -1.16. The highest BCUT2D eigenvalue weighted by molar-refractivity contribution is 6.00. The summed E-state index contributed by atoms with van der Waals surface area (Å²) in [5.74, 6) is -0.792. The van der Waals surface area contributed by atoms with E-state index in [0.29, 0.717) is 19.4 Å². The summed E-state index contributed by atoms with van der Waals surface area (Å²) in [4.78, 5) is 25.8. The van der Waals surface area contributed by atoms with Crippen molar-refractivity contribution in [1.82, 2.24) is 0 Å². The minimum Gasteiger partial charge on any atom is -0.465 e. The molecule has 0 aromatic rings. The molecule has 0 saturated heterocycles. The van der Waals surface area contributed by atoms with Crippen molar-refractivity contribution in [2.45, 2.75) is 169 Å². The van der Waals surface area contributed by atoms with E-state index in [1.807, 2.05) is 13.8 Å². The molecule has 0 rings (SSSR count). The molecule has 0 N–H and O–H groups in total. The first-order valence-corrected chi connectivity index (χ1v) is 14.9. The molecule has 34 heavy (non-hydrogen) atoms. The monoisotopic (exact) mass is 482 g/mol. The van der Waals surface area contributed by atoms with Gasteiger partial charge in [0.25, 0.3) is 0 Å². The first kappa shape index (κ1) is 32.9. The van der Waals surface area contributed by atoms with E-state index in [2.05, 4.69) is 20.8 Å². The van der Waals surface area contributed by atoms with Gasteiger partial charge in [-0.25, -0.2) is 0 Å². The van der Waals surface area contributed by atoms with E-state index >= 15 is 0 Å². The lowest BCUT2D eigenvalue weighted by Crippen LogP contribution is -2.42. The Morgan fingerprint density at radius 2 is 0.971 bits per heavy atom. The van der Waals surface area contributed by atoms with Gasteiger partial charge in [0.05, 0.1) is 6.61 Å². The number of carbonyl (C=O) groups is 2. The number of ether oxygens (including phenoxy) is 2. The van der Waals surface area contributed by atoms with Crippen LogP contribution in [0.5, 0.6) is 0 Å². The van der Waals surface area contributed by atoms with Gasteiger partial charge in [-0.1, -0.05) is 131 Å². The molecule has 0 aromatic carbocycles. The molecule has 0 aliphatic heterocycles. The predicted octanol–water partition coefficient (Wildman–Crippen LogP) is 9.33. The molecule has 0 atom stereocenters. The van der Waals surface area contributed by atoms with Crippen LogP contribution in [0.25, 0.3) is 0 Å². The summed E-state index contributed by atoms with van der Waals surface area (Å²) in [5, 5.41) is 0. The average Bonchev–Trinajstić information content (AvgIpc) is 2.83. The van der Waals surface area contributed by atoms with Crippen LogP contribution in [0.1, 0.15) is 163 Å². The van der Waals surface area contributed by atoms with Crippen LogP contribution < -0.4 is 0 Å². The molecule has 0 aromatic heterocycles. The Hall–Kier alpha value is -1.06. The van der Waals surface area contributed by atoms with Crippen LogP contribution in [0.3, 0.4) is 0 Å². The molecule has 0 spiro atoms. The van der Waals surface area contributed by atoms with Crippen molar-refractivity contribution in [3.8, 4) is 0 Å². The Bertz CT molecular complexity index is 478. The highest BCUT2D eigenvalue weighted by Gasteiger charge is 2.46. The van der Waals surface area contributed by atoms with Crippen molar-refractivity contribution < 1.29 is 19.1 Å². The molecule has 0 saturated carbocycles. The molecule has 202 valence electrons. The van der Waals surface area contributed by atoms with E-state index in [1.165, 1.54) is 77.0 Å². The summed E-state index contributed by atoms with van der Waals surface area (Å²) in [6.45, 7) is 10.6. The summed E-state index contributed by atoms with van der Waals surface area (Å²) < 4.78 is 11.4. The van der Waals surface area contributed by atoms with Gasteiger partial charge in [0, 0.05) is 0 Å². The number of esters is 2. The Labute approximate surface area is 212 Å². The van der Waals surface area contributed by atoms with E-state index in [-0.39, 0.29) is 6.10 Å². The number of unbranched alkanes of at least 4 members (excludes halogenated alkanes) is 13. The number of carbonyl (C=O) groups excluding carboxylic acids is 2. The van der Waals surface area contributed by atoms with Crippen LogP contribution in [0.15, 0.2) is 0 Å². The highest BCUT2D eigenvalue weighted by Crippen LogP contribution is 2.31. The van der Waals surface area contributed by atoms with Crippen LogP contribution in [0.4, 0.5) is 0 Å². The topological polar surface area (TPSA) is 52.6 Å². The normalized spacial score (nSPS) is 11.7. The molecular weight excluding hydrogens is 424 g/mol. The molecule has 0 aliphatic carbocycles. The molecular formula is C30H58O4. The van der Waals surface area contributed by atoms with Gasteiger partial charge in [-0.2, -0.15) is 0 Å². The lowest BCUT2D eigenvalue weighted by molar-refractivity contribution is -0.177. The van der Waals surface area contributed by atoms with Gasteiger partial charge in [0.1, 0.15) is 6.10 Å². The zero-order valence-corrected chi connectivity index (χ0v) is 23.6. The Morgan fingerprint density at radius 1 is 0.559 bits per heavy atom. The molecule has 0 unspecified atom stereocenters. The number of rotatable bonds is 24. The molecule has 0 bridgehead atoms. The van der Waals surface area contributed by atoms with Crippen LogP contribution in [0.2, 0.25) is 0 Å². The summed E-state index contributed by atoms with van der Waals surface area (Å²) in [5.41, 5.74) is -1.16. The molecule has 0 amide bonds. The zero-order chi connectivity index (χ0) is 25.5. The van der Waals surface area contributed by atoms with Crippen LogP contribution in [0, 0.1) is 5.41 Å². The van der Waals surface area contributed by atoms with Crippen LogP contribution >= 0.6 is 0 Å². The fraction of sp³-hybridized carbons (Fsp3) is 0.933. The molecule has 4 heteroatoms. The van der Waals surface area contributed by atoms with Gasteiger partial charge < -0.3 is 9.47 Å². The molecule has 0 radical (unpaired) electrons. The van der Waals surface area contributed by atoms with Crippen molar-refractivity contribution in [2.75, 3.05) is 6.61 Å². The largest absolute Gasteiger partial charge is 0.465 e. The minimum absolute atomic E-state index is 0.0985. The summed E-state index contributed by atoms with van der Waals surface area (Å²) in [6.07, 6.45) is 22.5. The highest BCUT2D eigenvalue weighted by atomic mass is 16.6. The molecule has 0 heterocycles. The second-order valence-corrected chi connectivity index (χ2v) is 10.1.